The second-order valence-corrected chi connectivity index (χ2v) is 6.18. The minimum atomic E-state index is -0.683. The molecule has 0 saturated heterocycles. The first kappa shape index (κ1) is 16.6. The van der Waals surface area contributed by atoms with Crippen molar-refractivity contribution in [2.45, 2.75) is 6.92 Å². The highest BCUT2D eigenvalue weighted by atomic mass is 16.6. The van der Waals surface area contributed by atoms with E-state index in [2.05, 4.69) is 5.10 Å². The van der Waals surface area contributed by atoms with Crippen LogP contribution in [0.1, 0.15) is 31.8 Å². The highest BCUT2D eigenvalue weighted by Crippen LogP contribution is 2.33. The number of hydrazone groups is 1. The van der Waals surface area contributed by atoms with Crippen LogP contribution in [-0.2, 0) is 0 Å². The van der Waals surface area contributed by atoms with Gasteiger partial charge in [0, 0.05) is 17.5 Å². The molecular weight excluding hydrogens is 346 g/mol. The van der Waals surface area contributed by atoms with E-state index in [-0.39, 0.29) is 11.3 Å². The van der Waals surface area contributed by atoms with Crippen LogP contribution in [-0.4, -0.2) is 28.0 Å². The molecule has 27 heavy (non-hydrogen) atoms. The van der Waals surface area contributed by atoms with Crippen molar-refractivity contribution in [2.75, 3.05) is 0 Å². The van der Waals surface area contributed by atoms with E-state index in [1.165, 1.54) is 18.3 Å². The SMILES string of the molecule is Cc1ccccc1C=NN1C(=O)c2cccc3cc([N+](=O)[O-])cc(c23)C1=O. The summed E-state index contributed by atoms with van der Waals surface area (Å²) in [6, 6.07) is 14.8. The molecule has 0 aliphatic carbocycles. The van der Waals surface area contributed by atoms with E-state index in [1.807, 2.05) is 31.2 Å². The van der Waals surface area contributed by atoms with Crippen molar-refractivity contribution < 1.29 is 14.5 Å². The maximum absolute atomic E-state index is 12.9. The first-order valence-electron chi connectivity index (χ1n) is 8.17. The average Bonchev–Trinajstić information content (AvgIpc) is 2.66. The molecule has 3 aromatic carbocycles. The smallest absolute Gasteiger partial charge is 0.267 e. The Labute approximate surface area is 153 Å². The number of aryl methyl sites for hydroxylation is 1. The molecule has 0 radical (unpaired) electrons. The van der Waals surface area contributed by atoms with Crippen molar-refractivity contribution in [1.82, 2.24) is 5.01 Å². The molecule has 0 spiro atoms. The van der Waals surface area contributed by atoms with E-state index in [4.69, 9.17) is 0 Å². The van der Waals surface area contributed by atoms with Crippen LogP contribution in [0.4, 0.5) is 5.69 Å². The van der Waals surface area contributed by atoms with Gasteiger partial charge in [-0.15, -0.1) is 0 Å². The number of carbonyl (C=O) groups is 2. The first-order valence-corrected chi connectivity index (χ1v) is 8.17. The van der Waals surface area contributed by atoms with Gasteiger partial charge in [-0.25, -0.2) is 0 Å². The third-order valence-electron chi connectivity index (χ3n) is 4.52. The number of nitro groups is 1. The van der Waals surface area contributed by atoms with Gasteiger partial charge in [-0.3, -0.25) is 19.7 Å². The lowest BCUT2D eigenvalue weighted by molar-refractivity contribution is -0.384. The lowest BCUT2D eigenvalue weighted by atomic mass is 9.94. The third kappa shape index (κ3) is 2.65. The zero-order valence-electron chi connectivity index (χ0n) is 14.2. The molecule has 0 atom stereocenters. The van der Waals surface area contributed by atoms with Crippen molar-refractivity contribution in [1.29, 1.82) is 0 Å². The predicted molar refractivity (Wildman–Crippen MR) is 99.9 cm³/mol. The van der Waals surface area contributed by atoms with Gasteiger partial charge in [-0.2, -0.15) is 10.1 Å². The van der Waals surface area contributed by atoms with E-state index in [9.17, 15) is 19.7 Å². The Hall–Kier alpha value is -3.87. The maximum Gasteiger partial charge on any atom is 0.282 e. The summed E-state index contributed by atoms with van der Waals surface area (Å²) >= 11 is 0. The highest BCUT2D eigenvalue weighted by molar-refractivity contribution is 6.25. The van der Waals surface area contributed by atoms with Crippen LogP contribution in [0.15, 0.2) is 59.7 Å². The molecule has 7 heteroatoms. The van der Waals surface area contributed by atoms with E-state index < -0.39 is 16.7 Å². The van der Waals surface area contributed by atoms with Crippen LogP contribution < -0.4 is 0 Å². The Morgan fingerprint density at radius 2 is 1.74 bits per heavy atom. The molecule has 2 amide bonds. The fourth-order valence-corrected chi connectivity index (χ4v) is 3.14. The summed E-state index contributed by atoms with van der Waals surface area (Å²) in [5, 5.41) is 16.9. The van der Waals surface area contributed by atoms with Crippen molar-refractivity contribution in [2.24, 2.45) is 5.10 Å². The highest BCUT2D eigenvalue weighted by Gasteiger charge is 2.34. The molecule has 0 saturated carbocycles. The van der Waals surface area contributed by atoms with Crippen LogP contribution in [0.3, 0.4) is 0 Å². The molecule has 0 unspecified atom stereocenters. The fraction of sp³-hybridized carbons (Fsp3) is 0.0500. The van der Waals surface area contributed by atoms with E-state index >= 15 is 0 Å². The largest absolute Gasteiger partial charge is 0.282 e. The van der Waals surface area contributed by atoms with Crippen molar-refractivity contribution in [3.63, 3.8) is 0 Å². The summed E-state index contributed by atoms with van der Waals surface area (Å²) in [5.74, 6) is -1.24. The lowest BCUT2D eigenvalue weighted by Crippen LogP contribution is -2.36. The number of carbonyl (C=O) groups excluding carboxylic acids is 2. The third-order valence-corrected chi connectivity index (χ3v) is 4.52. The Morgan fingerprint density at radius 1 is 1.00 bits per heavy atom. The number of amides is 2. The second-order valence-electron chi connectivity index (χ2n) is 6.18. The minimum Gasteiger partial charge on any atom is -0.267 e. The predicted octanol–water partition coefficient (Wildman–Crippen LogP) is 3.69. The number of imide groups is 1. The van der Waals surface area contributed by atoms with Gasteiger partial charge in [-0.1, -0.05) is 36.4 Å². The van der Waals surface area contributed by atoms with Crippen molar-refractivity contribution >= 4 is 34.5 Å². The zero-order valence-corrected chi connectivity index (χ0v) is 14.2. The summed E-state index contributed by atoms with van der Waals surface area (Å²) in [6.07, 6.45) is 1.44. The van der Waals surface area contributed by atoms with Gasteiger partial charge in [0.25, 0.3) is 17.5 Å². The first-order chi connectivity index (χ1) is 13.0. The molecule has 1 heterocycles. The summed E-state index contributed by atoms with van der Waals surface area (Å²) in [5.41, 5.74) is 1.88. The standard InChI is InChI=1S/C20H13N3O4/c1-12-5-2-3-6-14(12)11-21-22-19(24)16-8-4-7-13-9-15(23(26)27)10-17(18(13)16)20(22)25/h2-11H,1H3. The van der Waals surface area contributed by atoms with Crippen LogP contribution in [0, 0.1) is 17.0 Å². The number of hydrogen-bond donors (Lipinski definition) is 0. The minimum absolute atomic E-state index is 0.0938. The van der Waals surface area contributed by atoms with Crippen LogP contribution in [0.2, 0.25) is 0 Å². The maximum atomic E-state index is 12.9. The number of non-ortho nitro benzene ring substituents is 1. The fourth-order valence-electron chi connectivity index (χ4n) is 3.14. The van der Waals surface area contributed by atoms with Gasteiger partial charge in [0.15, 0.2) is 0 Å². The summed E-state index contributed by atoms with van der Waals surface area (Å²) in [4.78, 5) is 36.3. The Kier molecular flexibility index (Phi) is 3.77. The number of benzene rings is 3. The molecule has 3 aromatic rings. The molecule has 4 rings (SSSR count). The van der Waals surface area contributed by atoms with Crippen LogP contribution in [0.25, 0.3) is 10.8 Å². The Morgan fingerprint density at radius 3 is 2.48 bits per heavy atom. The van der Waals surface area contributed by atoms with Crippen LogP contribution in [0.5, 0.6) is 0 Å². The Balaban J connectivity index is 1.86. The summed E-state index contributed by atoms with van der Waals surface area (Å²) in [7, 11) is 0. The number of nitrogens with zero attached hydrogens (tertiary/aromatic N) is 3. The van der Waals surface area contributed by atoms with Gasteiger partial charge in [0.1, 0.15) is 0 Å². The number of rotatable bonds is 3. The van der Waals surface area contributed by atoms with Crippen molar-refractivity contribution in [3.8, 4) is 0 Å². The van der Waals surface area contributed by atoms with Crippen molar-refractivity contribution in [3.05, 3.63) is 87.0 Å². The van der Waals surface area contributed by atoms with Crippen LogP contribution >= 0.6 is 0 Å². The summed E-state index contributed by atoms with van der Waals surface area (Å²) in [6.45, 7) is 1.89. The van der Waals surface area contributed by atoms with Gasteiger partial charge < -0.3 is 0 Å². The van der Waals surface area contributed by atoms with E-state index in [0.717, 1.165) is 16.1 Å². The van der Waals surface area contributed by atoms with Gasteiger partial charge in [0.2, 0.25) is 0 Å². The molecule has 132 valence electrons. The second kappa shape index (κ2) is 6.14. The summed E-state index contributed by atoms with van der Waals surface area (Å²) < 4.78 is 0. The normalized spacial score (nSPS) is 13.6. The van der Waals surface area contributed by atoms with Gasteiger partial charge in [-0.05, 0) is 29.5 Å². The molecule has 0 bridgehead atoms. The van der Waals surface area contributed by atoms with Gasteiger partial charge >= 0.3 is 0 Å². The van der Waals surface area contributed by atoms with E-state index in [0.29, 0.717) is 16.3 Å². The average molecular weight is 359 g/mol. The van der Waals surface area contributed by atoms with E-state index in [1.54, 1.807) is 18.2 Å². The van der Waals surface area contributed by atoms with Gasteiger partial charge in [0.05, 0.1) is 22.3 Å². The molecular formula is C20H13N3O4. The molecule has 0 aromatic heterocycles. The molecule has 7 nitrogen and oxygen atoms in total. The quantitative estimate of drug-likeness (QED) is 0.308. The lowest BCUT2D eigenvalue weighted by Gasteiger charge is -2.23. The molecule has 1 aliphatic heterocycles. The number of nitro benzene ring substituents is 1. The molecule has 0 N–H and O–H groups in total. The Bertz CT molecular complexity index is 1170. The zero-order chi connectivity index (χ0) is 19.1. The topological polar surface area (TPSA) is 92.9 Å². The molecule has 1 aliphatic rings. The monoisotopic (exact) mass is 359 g/mol. The molecule has 0 fully saturated rings. The number of hydrogen-bond acceptors (Lipinski definition) is 5.